The van der Waals surface area contributed by atoms with Crippen LogP contribution in [-0.2, 0) is 21.8 Å². The van der Waals surface area contributed by atoms with Gasteiger partial charge in [0.15, 0.2) is 0 Å². The fraction of sp³-hybridized carbons (Fsp3) is 0.455. The van der Waals surface area contributed by atoms with E-state index in [4.69, 9.17) is 16.3 Å². The summed E-state index contributed by atoms with van der Waals surface area (Å²) in [4.78, 5) is 15.1. The van der Waals surface area contributed by atoms with E-state index in [-0.39, 0.29) is 23.5 Å². The summed E-state index contributed by atoms with van der Waals surface area (Å²) < 4.78 is 30.2. The second kappa shape index (κ2) is 6.99. The molecule has 1 heterocycles. The van der Waals surface area contributed by atoms with E-state index in [9.17, 15) is 13.6 Å². The molecule has 0 aliphatic carbocycles. The van der Waals surface area contributed by atoms with Gasteiger partial charge in [0.25, 0.3) is 6.43 Å². The zero-order valence-electron chi connectivity index (χ0n) is 9.55. The molecule has 0 amide bonds. The Labute approximate surface area is 117 Å². The summed E-state index contributed by atoms with van der Waals surface area (Å²) in [5.41, 5.74) is 0.532. The molecule has 0 fully saturated rings. The largest absolute Gasteiger partial charge is 0.466 e. The van der Waals surface area contributed by atoms with E-state index in [1.165, 1.54) is 6.07 Å². The van der Waals surface area contributed by atoms with Crippen LogP contribution < -0.4 is 0 Å². The highest BCUT2D eigenvalue weighted by atomic mass is 79.9. The molecule has 0 N–H and O–H groups in total. The van der Waals surface area contributed by atoms with E-state index in [0.29, 0.717) is 11.1 Å². The van der Waals surface area contributed by atoms with Crippen molar-refractivity contribution in [3.05, 3.63) is 27.5 Å². The molecule has 0 saturated carbocycles. The van der Waals surface area contributed by atoms with Crippen LogP contribution in [0.15, 0.2) is 10.7 Å². The lowest BCUT2D eigenvalue weighted by atomic mass is 10.1. The first-order valence-corrected chi connectivity index (χ1v) is 6.50. The topological polar surface area (TPSA) is 39.2 Å². The van der Waals surface area contributed by atoms with E-state index in [1.54, 1.807) is 6.92 Å². The Morgan fingerprint density at radius 2 is 2.28 bits per heavy atom. The third kappa shape index (κ3) is 3.88. The molecule has 0 aliphatic heterocycles. The lowest BCUT2D eigenvalue weighted by Gasteiger charge is -2.11. The van der Waals surface area contributed by atoms with Crippen molar-refractivity contribution in [3.63, 3.8) is 0 Å². The molecule has 0 spiro atoms. The maximum absolute atomic E-state index is 12.6. The summed E-state index contributed by atoms with van der Waals surface area (Å²) in [6.45, 7) is 1.91. The van der Waals surface area contributed by atoms with Crippen molar-refractivity contribution in [2.75, 3.05) is 6.61 Å². The van der Waals surface area contributed by atoms with Gasteiger partial charge in [0.2, 0.25) is 0 Å². The first kappa shape index (κ1) is 15.3. The van der Waals surface area contributed by atoms with Crippen LogP contribution in [0, 0.1) is 0 Å². The summed E-state index contributed by atoms with van der Waals surface area (Å²) >= 11 is 8.79. The number of rotatable bonds is 5. The Morgan fingerprint density at radius 1 is 1.61 bits per heavy atom. The highest BCUT2D eigenvalue weighted by Crippen LogP contribution is 2.27. The summed E-state index contributed by atoms with van der Waals surface area (Å²) in [5.74, 6) is -0.409. The fourth-order valence-corrected chi connectivity index (χ4v) is 2.45. The molecule has 0 bridgehead atoms. The van der Waals surface area contributed by atoms with Crippen LogP contribution in [0.5, 0.6) is 0 Å². The minimum absolute atomic E-state index is 0.0752. The third-order valence-electron chi connectivity index (χ3n) is 2.18. The van der Waals surface area contributed by atoms with E-state index in [0.717, 1.165) is 0 Å². The number of hydrogen-bond acceptors (Lipinski definition) is 3. The molecule has 1 aromatic rings. The molecule has 0 aliphatic rings. The number of alkyl halides is 3. The minimum Gasteiger partial charge on any atom is -0.466 e. The van der Waals surface area contributed by atoms with Gasteiger partial charge in [-0.15, -0.1) is 11.6 Å². The second-order valence-corrected chi connectivity index (χ2v) is 4.41. The average molecular weight is 343 g/mol. The van der Waals surface area contributed by atoms with Crippen molar-refractivity contribution in [2.45, 2.75) is 25.7 Å². The Morgan fingerprint density at radius 3 is 2.78 bits per heavy atom. The van der Waals surface area contributed by atoms with Gasteiger partial charge < -0.3 is 4.74 Å². The number of pyridine rings is 1. The molecule has 0 unspecified atom stereocenters. The number of esters is 1. The molecule has 0 aromatic carbocycles. The highest BCUT2D eigenvalue weighted by Gasteiger charge is 2.18. The molecule has 18 heavy (non-hydrogen) atoms. The van der Waals surface area contributed by atoms with Gasteiger partial charge in [0.1, 0.15) is 10.3 Å². The summed E-state index contributed by atoms with van der Waals surface area (Å²) in [5, 5.41) is 0. The van der Waals surface area contributed by atoms with Gasteiger partial charge in [0.05, 0.1) is 18.9 Å². The maximum Gasteiger partial charge on any atom is 0.310 e. The molecular weight excluding hydrogens is 331 g/mol. The predicted octanol–water partition coefficient (Wildman–Crippen LogP) is 3.63. The van der Waals surface area contributed by atoms with E-state index in [1.807, 2.05) is 0 Å². The molecule has 100 valence electrons. The van der Waals surface area contributed by atoms with Gasteiger partial charge in [0, 0.05) is 5.56 Å². The first-order chi connectivity index (χ1) is 8.49. The van der Waals surface area contributed by atoms with Crippen molar-refractivity contribution in [3.8, 4) is 0 Å². The molecule has 1 aromatic heterocycles. The fourth-order valence-electron chi connectivity index (χ4n) is 1.39. The van der Waals surface area contributed by atoms with Crippen molar-refractivity contribution in [1.82, 2.24) is 4.98 Å². The van der Waals surface area contributed by atoms with Gasteiger partial charge in [-0.25, -0.2) is 13.8 Å². The zero-order chi connectivity index (χ0) is 13.7. The number of halogens is 4. The lowest BCUT2D eigenvalue weighted by Crippen LogP contribution is -2.10. The monoisotopic (exact) mass is 341 g/mol. The lowest BCUT2D eigenvalue weighted by molar-refractivity contribution is -0.142. The number of hydrogen-bond donors (Lipinski definition) is 0. The Bertz CT molecular complexity index is 443. The van der Waals surface area contributed by atoms with Crippen LogP contribution in [0.4, 0.5) is 8.78 Å². The molecule has 0 saturated heterocycles. The minimum atomic E-state index is -2.70. The van der Waals surface area contributed by atoms with Crippen LogP contribution in [0.25, 0.3) is 0 Å². The van der Waals surface area contributed by atoms with Gasteiger partial charge in [-0.2, -0.15) is 0 Å². The number of aromatic nitrogens is 1. The van der Waals surface area contributed by atoms with Crippen molar-refractivity contribution in [2.24, 2.45) is 0 Å². The van der Waals surface area contributed by atoms with Crippen molar-refractivity contribution in [1.29, 1.82) is 0 Å². The normalized spacial score (nSPS) is 10.8. The number of nitrogens with zero attached hydrogens (tertiary/aromatic N) is 1. The Balaban J connectivity index is 3.10. The molecule has 0 atom stereocenters. The van der Waals surface area contributed by atoms with E-state index >= 15 is 0 Å². The molecule has 7 heteroatoms. The summed E-state index contributed by atoms with van der Waals surface area (Å²) in [6, 6.07) is 1.18. The highest BCUT2D eigenvalue weighted by molar-refractivity contribution is 9.10. The van der Waals surface area contributed by atoms with Crippen LogP contribution in [0.2, 0.25) is 0 Å². The third-order valence-corrected chi connectivity index (χ3v) is 3.11. The van der Waals surface area contributed by atoms with Crippen LogP contribution in [0.3, 0.4) is 0 Å². The number of ether oxygens (including phenoxy) is 1. The van der Waals surface area contributed by atoms with Crippen LogP contribution >= 0.6 is 27.5 Å². The zero-order valence-corrected chi connectivity index (χ0v) is 11.9. The number of carbonyl (C=O) groups excluding carboxylic acids is 1. The quantitative estimate of drug-likeness (QED) is 0.466. The second-order valence-electron chi connectivity index (χ2n) is 3.39. The van der Waals surface area contributed by atoms with E-state index in [2.05, 4.69) is 20.9 Å². The SMILES string of the molecule is CCOC(=O)Cc1cc(C(F)F)nc(Br)c1CCl. The van der Waals surface area contributed by atoms with Crippen LogP contribution in [0.1, 0.15) is 30.2 Å². The van der Waals surface area contributed by atoms with Gasteiger partial charge in [-0.3, -0.25) is 4.79 Å². The summed E-state index contributed by atoms with van der Waals surface area (Å²) in [7, 11) is 0. The predicted molar refractivity (Wildman–Crippen MR) is 66.8 cm³/mol. The van der Waals surface area contributed by atoms with Crippen molar-refractivity contribution >= 4 is 33.5 Å². The molecule has 0 radical (unpaired) electrons. The van der Waals surface area contributed by atoms with E-state index < -0.39 is 18.1 Å². The van der Waals surface area contributed by atoms with Gasteiger partial charge in [-0.05, 0) is 34.5 Å². The van der Waals surface area contributed by atoms with Crippen LogP contribution in [-0.4, -0.2) is 17.6 Å². The molecule has 1 rings (SSSR count). The Kier molecular flexibility index (Phi) is 5.95. The molecule has 3 nitrogen and oxygen atoms in total. The molecular formula is C11H11BrClF2NO2. The summed E-state index contributed by atoms with van der Waals surface area (Å²) in [6.07, 6.45) is -2.80. The smallest absolute Gasteiger partial charge is 0.310 e. The average Bonchev–Trinajstić information content (AvgIpc) is 2.28. The Hall–Kier alpha value is -0.750. The van der Waals surface area contributed by atoms with Crippen molar-refractivity contribution < 1.29 is 18.3 Å². The number of carbonyl (C=O) groups is 1. The van der Waals surface area contributed by atoms with Gasteiger partial charge in [-0.1, -0.05) is 0 Å². The maximum atomic E-state index is 12.6. The van der Waals surface area contributed by atoms with Gasteiger partial charge >= 0.3 is 5.97 Å². The standard InChI is InChI=1S/C11H11BrClF2NO2/c1-2-18-9(17)4-6-3-8(11(14)15)16-10(12)7(6)5-13/h3,11H,2,4-5H2,1H3. The first-order valence-electron chi connectivity index (χ1n) is 5.17.